The van der Waals surface area contributed by atoms with Gasteiger partial charge in [0.2, 0.25) is 0 Å². The standard InChI is InChI=1S/C17H23FN2O2/c18-15-3-1-2-14(10-15)17(6-7-17)12-19-16(22)20-8-4-13(11-21)5-9-20/h1-3,10,13,21H,4-9,11-12H2,(H,19,22). The minimum absolute atomic E-state index is 0.0425. The first-order valence-corrected chi connectivity index (χ1v) is 8.03. The van der Waals surface area contributed by atoms with Gasteiger partial charge in [-0.15, -0.1) is 0 Å². The highest BCUT2D eigenvalue weighted by molar-refractivity contribution is 5.74. The number of likely N-dealkylation sites (tertiary alicyclic amines) is 1. The molecule has 1 heterocycles. The topological polar surface area (TPSA) is 52.6 Å². The summed E-state index contributed by atoms with van der Waals surface area (Å²) in [7, 11) is 0. The van der Waals surface area contributed by atoms with Crippen LogP contribution in [0.2, 0.25) is 0 Å². The smallest absolute Gasteiger partial charge is 0.317 e. The predicted molar refractivity (Wildman–Crippen MR) is 82.1 cm³/mol. The molecule has 2 fully saturated rings. The molecule has 1 aliphatic heterocycles. The fraction of sp³-hybridized carbons (Fsp3) is 0.588. The Bertz CT molecular complexity index is 537. The summed E-state index contributed by atoms with van der Waals surface area (Å²) >= 11 is 0. The molecule has 0 spiro atoms. The van der Waals surface area contributed by atoms with Gasteiger partial charge in [-0.25, -0.2) is 9.18 Å². The number of carbonyl (C=O) groups excluding carboxylic acids is 1. The highest BCUT2D eigenvalue weighted by Gasteiger charge is 2.44. The summed E-state index contributed by atoms with van der Waals surface area (Å²) in [6, 6.07) is 6.65. The van der Waals surface area contributed by atoms with Crippen molar-refractivity contribution >= 4 is 6.03 Å². The van der Waals surface area contributed by atoms with Gasteiger partial charge >= 0.3 is 6.03 Å². The van der Waals surface area contributed by atoms with Crippen LogP contribution in [-0.4, -0.2) is 42.3 Å². The fourth-order valence-corrected chi connectivity index (χ4v) is 3.21. The van der Waals surface area contributed by atoms with Crippen LogP contribution in [0.15, 0.2) is 24.3 Å². The predicted octanol–water partition coefficient (Wildman–Crippen LogP) is 2.27. The molecule has 22 heavy (non-hydrogen) atoms. The number of hydrogen-bond donors (Lipinski definition) is 2. The quantitative estimate of drug-likeness (QED) is 0.896. The van der Waals surface area contributed by atoms with Crippen LogP contribution in [0.3, 0.4) is 0 Å². The summed E-state index contributed by atoms with van der Waals surface area (Å²) < 4.78 is 13.4. The van der Waals surface area contributed by atoms with E-state index in [0.717, 1.165) is 31.2 Å². The van der Waals surface area contributed by atoms with Crippen molar-refractivity contribution in [3.05, 3.63) is 35.6 Å². The first-order valence-electron chi connectivity index (χ1n) is 8.03. The molecule has 120 valence electrons. The van der Waals surface area contributed by atoms with Crippen molar-refractivity contribution in [1.29, 1.82) is 0 Å². The average Bonchev–Trinajstić information content (AvgIpc) is 3.34. The molecule has 0 unspecified atom stereocenters. The van der Waals surface area contributed by atoms with Crippen molar-refractivity contribution < 1.29 is 14.3 Å². The molecule has 0 radical (unpaired) electrons. The monoisotopic (exact) mass is 306 g/mol. The number of rotatable bonds is 4. The number of piperidine rings is 1. The fourth-order valence-electron chi connectivity index (χ4n) is 3.21. The van der Waals surface area contributed by atoms with Gasteiger partial charge in [-0.1, -0.05) is 12.1 Å². The van der Waals surface area contributed by atoms with E-state index in [2.05, 4.69) is 5.32 Å². The first-order chi connectivity index (χ1) is 10.6. The van der Waals surface area contributed by atoms with Crippen molar-refractivity contribution in [2.45, 2.75) is 31.1 Å². The van der Waals surface area contributed by atoms with Gasteiger partial charge in [-0.05, 0) is 49.3 Å². The molecule has 1 aromatic carbocycles. The normalized spacial score (nSPS) is 20.7. The Morgan fingerprint density at radius 2 is 2.09 bits per heavy atom. The summed E-state index contributed by atoms with van der Waals surface area (Å²) in [5.74, 6) is 0.104. The van der Waals surface area contributed by atoms with E-state index >= 15 is 0 Å². The van der Waals surface area contributed by atoms with Crippen LogP contribution in [-0.2, 0) is 5.41 Å². The second-order valence-corrected chi connectivity index (χ2v) is 6.56. The number of aliphatic hydroxyl groups excluding tert-OH is 1. The number of nitrogens with zero attached hydrogens (tertiary/aromatic N) is 1. The van der Waals surface area contributed by atoms with Crippen LogP contribution in [0.25, 0.3) is 0 Å². The molecule has 2 amide bonds. The third kappa shape index (κ3) is 3.24. The highest BCUT2D eigenvalue weighted by atomic mass is 19.1. The molecule has 1 aromatic rings. The van der Waals surface area contributed by atoms with Crippen LogP contribution in [0.4, 0.5) is 9.18 Å². The van der Waals surface area contributed by atoms with Crippen LogP contribution in [0.1, 0.15) is 31.2 Å². The maximum absolute atomic E-state index is 13.4. The first kappa shape index (κ1) is 15.3. The van der Waals surface area contributed by atoms with Crippen LogP contribution < -0.4 is 5.32 Å². The maximum atomic E-state index is 13.4. The van der Waals surface area contributed by atoms with Crippen molar-refractivity contribution in [1.82, 2.24) is 10.2 Å². The number of hydrogen-bond acceptors (Lipinski definition) is 2. The minimum atomic E-state index is -0.221. The van der Waals surface area contributed by atoms with Gasteiger partial charge < -0.3 is 15.3 Å². The molecule has 0 bridgehead atoms. The minimum Gasteiger partial charge on any atom is -0.396 e. The Hall–Kier alpha value is -1.62. The largest absolute Gasteiger partial charge is 0.396 e. The van der Waals surface area contributed by atoms with Crippen LogP contribution in [0, 0.1) is 11.7 Å². The number of benzene rings is 1. The summed E-state index contributed by atoms with van der Waals surface area (Å²) in [4.78, 5) is 14.1. The Morgan fingerprint density at radius 1 is 1.36 bits per heavy atom. The summed E-state index contributed by atoms with van der Waals surface area (Å²) in [5.41, 5.74) is 0.896. The number of carbonyl (C=O) groups is 1. The van der Waals surface area contributed by atoms with E-state index in [4.69, 9.17) is 5.11 Å². The molecule has 2 aliphatic rings. The van der Waals surface area contributed by atoms with Gasteiger partial charge in [0.25, 0.3) is 0 Å². The van der Waals surface area contributed by atoms with Gasteiger partial charge in [0.1, 0.15) is 5.82 Å². The molecular weight excluding hydrogens is 283 g/mol. The summed E-state index contributed by atoms with van der Waals surface area (Å²) in [5, 5.41) is 12.1. The molecule has 5 heteroatoms. The molecule has 2 N–H and O–H groups in total. The number of aliphatic hydroxyl groups is 1. The van der Waals surface area contributed by atoms with Crippen molar-refractivity contribution in [3.8, 4) is 0 Å². The maximum Gasteiger partial charge on any atom is 0.317 e. The third-order valence-corrected chi connectivity index (χ3v) is 5.03. The third-order valence-electron chi connectivity index (χ3n) is 5.03. The van der Waals surface area contributed by atoms with E-state index in [1.165, 1.54) is 6.07 Å². The summed E-state index contributed by atoms with van der Waals surface area (Å²) in [6.45, 7) is 2.17. The molecule has 0 aromatic heterocycles. The number of halogens is 1. The Morgan fingerprint density at radius 3 is 2.68 bits per heavy atom. The van der Waals surface area contributed by atoms with Gasteiger partial charge in [-0.3, -0.25) is 0 Å². The van der Waals surface area contributed by atoms with Crippen molar-refractivity contribution in [3.63, 3.8) is 0 Å². The van der Waals surface area contributed by atoms with Crippen molar-refractivity contribution in [2.24, 2.45) is 5.92 Å². The van der Waals surface area contributed by atoms with E-state index in [1.54, 1.807) is 12.1 Å². The summed E-state index contributed by atoms with van der Waals surface area (Å²) in [6.07, 6.45) is 3.70. The van der Waals surface area contributed by atoms with E-state index in [1.807, 2.05) is 11.0 Å². The van der Waals surface area contributed by atoms with E-state index in [0.29, 0.717) is 25.6 Å². The lowest BCUT2D eigenvalue weighted by atomic mass is 9.96. The average molecular weight is 306 g/mol. The number of nitrogens with one attached hydrogen (secondary N) is 1. The zero-order valence-corrected chi connectivity index (χ0v) is 12.7. The van der Waals surface area contributed by atoms with Gasteiger partial charge in [0.05, 0.1) is 0 Å². The number of urea groups is 1. The van der Waals surface area contributed by atoms with E-state index in [9.17, 15) is 9.18 Å². The molecule has 1 aliphatic carbocycles. The second-order valence-electron chi connectivity index (χ2n) is 6.56. The molecule has 0 atom stereocenters. The van der Waals surface area contributed by atoms with Gasteiger partial charge in [0, 0.05) is 31.7 Å². The van der Waals surface area contributed by atoms with Gasteiger partial charge in [0.15, 0.2) is 0 Å². The lowest BCUT2D eigenvalue weighted by Gasteiger charge is -2.31. The molecular formula is C17H23FN2O2. The Balaban J connectivity index is 1.53. The lowest BCUT2D eigenvalue weighted by molar-refractivity contribution is 0.137. The lowest BCUT2D eigenvalue weighted by Crippen LogP contribution is -2.46. The zero-order valence-electron chi connectivity index (χ0n) is 12.7. The molecule has 1 saturated carbocycles. The zero-order chi connectivity index (χ0) is 15.6. The molecule has 4 nitrogen and oxygen atoms in total. The molecule has 1 saturated heterocycles. The number of amides is 2. The van der Waals surface area contributed by atoms with Crippen LogP contribution in [0.5, 0.6) is 0 Å². The Kier molecular flexibility index (Phi) is 4.34. The molecule has 3 rings (SSSR count). The van der Waals surface area contributed by atoms with E-state index in [-0.39, 0.29) is 23.9 Å². The van der Waals surface area contributed by atoms with Crippen LogP contribution >= 0.6 is 0 Å². The Labute approximate surface area is 130 Å². The SMILES string of the molecule is O=C(NCC1(c2cccc(F)c2)CC1)N1CCC(CO)CC1. The highest BCUT2D eigenvalue weighted by Crippen LogP contribution is 2.47. The second kappa shape index (κ2) is 6.24. The van der Waals surface area contributed by atoms with Gasteiger partial charge in [-0.2, -0.15) is 0 Å². The van der Waals surface area contributed by atoms with Crippen molar-refractivity contribution in [2.75, 3.05) is 26.2 Å². The van der Waals surface area contributed by atoms with E-state index < -0.39 is 0 Å².